The molecule has 13 heteroatoms. The Bertz CT molecular complexity index is 2670. The normalized spacial score (nSPS) is 20.0. The second-order valence-corrected chi connectivity index (χ2v) is 58.3. The Kier molecular flexibility index (Phi) is 60.3. The van der Waals surface area contributed by atoms with E-state index in [1.54, 1.807) is 0 Å². The van der Waals surface area contributed by atoms with Crippen molar-refractivity contribution in [1.29, 1.82) is 0 Å². The van der Waals surface area contributed by atoms with Crippen LogP contribution in [-0.2, 0) is 0 Å². The fourth-order valence-corrected chi connectivity index (χ4v) is 19.9. The van der Waals surface area contributed by atoms with Crippen LogP contribution in [0.4, 0.5) is 0 Å². The second-order valence-electron chi connectivity index (χ2n) is 58.3. The third-order valence-electron chi connectivity index (χ3n) is 29.8. The van der Waals surface area contributed by atoms with Gasteiger partial charge in [-0.15, -0.1) is 0 Å². The Morgan fingerprint density at radius 3 is 0.473 bits per heavy atom. The van der Waals surface area contributed by atoms with E-state index in [1.807, 2.05) is 0 Å². The molecule has 0 aliphatic carbocycles. The maximum atomic E-state index is 3.78. The molecule has 7 fully saturated rings. The average molecular weight is 1850 g/mol. The minimum Gasteiger partial charge on any atom is -0.314 e. The molecule has 7 aliphatic heterocycles. The first-order chi connectivity index (χ1) is 59.8. The number of nitrogens with one attached hydrogen (secondary N) is 6. The molecule has 0 aromatic rings. The summed E-state index contributed by atoms with van der Waals surface area (Å²) in [4.78, 5) is 18.3. The lowest BCUT2D eigenvalue weighted by Crippen LogP contribution is -2.50. The highest BCUT2D eigenvalue weighted by Gasteiger charge is 2.36. The smallest absolute Gasteiger partial charge is 0.0125 e. The first-order valence-corrected chi connectivity index (χ1v) is 56.5. The van der Waals surface area contributed by atoms with Crippen LogP contribution in [0.25, 0.3) is 0 Å². The average Bonchev–Trinajstić information content (AvgIpc) is 0.781. The Labute approximate surface area is 826 Å². The second kappa shape index (κ2) is 61.5. The lowest BCUT2D eigenvalue weighted by molar-refractivity contribution is 0.0532. The topological polar surface area (TPSA) is 94.9 Å². The molecule has 0 amide bonds. The molecule has 7 saturated heterocycles. The molecule has 786 valence electrons. The van der Waals surface area contributed by atoms with Crippen molar-refractivity contribution in [2.45, 2.75) is 591 Å². The molecule has 0 radical (unpaired) electrons. The number of hydrogen-bond donors (Lipinski definition) is 6. The first-order valence-electron chi connectivity index (χ1n) is 56.5. The summed E-state index contributed by atoms with van der Waals surface area (Å²) < 4.78 is 0. The van der Waals surface area contributed by atoms with Gasteiger partial charge in [-0.05, 0) is 402 Å². The van der Waals surface area contributed by atoms with Crippen LogP contribution >= 0.6 is 0 Å². The van der Waals surface area contributed by atoms with Crippen LogP contribution in [0, 0.1) is 43.8 Å². The van der Waals surface area contributed by atoms with Crippen molar-refractivity contribution in [3.63, 3.8) is 0 Å². The van der Waals surface area contributed by atoms with Crippen molar-refractivity contribution in [2.24, 2.45) is 43.8 Å². The lowest BCUT2D eigenvalue weighted by atomic mass is 9.75. The van der Waals surface area contributed by atoms with Gasteiger partial charge in [-0.1, -0.05) is 210 Å². The van der Waals surface area contributed by atoms with E-state index in [1.165, 1.54) is 356 Å². The highest BCUT2D eigenvalue weighted by molar-refractivity contribution is 4.92. The summed E-state index contributed by atoms with van der Waals surface area (Å²) in [7, 11) is 0. The Morgan fingerprint density at radius 2 is 0.290 bits per heavy atom. The molecule has 0 bridgehead atoms. The van der Waals surface area contributed by atoms with Crippen LogP contribution in [0.2, 0.25) is 0 Å². The van der Waals surface area contributed by atoms with Crippen molar-refractivity contribution >= 4 is 0 Å². The van der Waals surface area contributed by atoms with Gasteiger partial charge in [-0.3, -0.25) is 34.3 Å². The summed E-state index contributed by atoms with van der Waals surface area (Å²) in [5.41, 5.74) is 5.91. The zero-order valence-electron chi connectivity index (χ0n) is 98.1. The molecule has 0 unspecified atom stereocenters. The van der Waals surface area contributed by atoms with E-state index in [0.717, 1.165) is 42.2 Å². The Morgan fingerprint density at radius 1 is 0.153 bits per heavy atom. The van der Waals surface area contributed by atoms with Crippen molar-refractivity contribution in [3.05, 3.63) is 0 Å². The fourth-order valence-electron chi connectivity index (χ4n) is 19.9. The summed E-state index contributed by atoms with van der Waals surface area (Å²) in [5, 5.41) is 22.5. The largest absolute Gasteiger partial charge is 0.314 e. The predicted octanol–water partition coefficient (Wildman–Crippen LogP) is 29.0. The van der Waals surface area contributed by atoms with Crippen LogP contribution in [0.1, 0.15) is 516 Å². The molecule has 0 aromatic carbocycles. The minimum absolute atomic E-state index is 0.344. The molecule has 7 aliphatic rings. The number of piperidine rings is 7. The zero-order chi connectivity index (χ0) is 100. The SMILES string of the molecule is CC(C)(C)C1CCN(C(C)(C)C)CC1.CC(C)(C)CCCCCCCNC1CCN(C(C)(C)C)CC1.CC(C)(C)CCCCCCNC1CCN(C(C)(C)C)CC1.CC(C)(C)CCCCCNC1CCN(C(C)(C)C)CC1.CC(C)(C)CCCCNC1CCN(C(C)(C)C)CC1.CC(C)(C)CCCNC1CCN(C(C)(C)C)CC1.CC(C)(C)CCNC1CCN(C(C)(C)C)CC1. The van der Waals surface area contributed by atoms with Crippen LogP contribution in [-0.4, -0.2) is 240 Å². The zero-order valence-corrected chi connectivity index (χ0v) is 98.1. The Balaban J connectivity index is 0.000000767. The van der Waals surface area contributed by atoms with Gasteiger partial charge in [0.05, 0.1) is 0 Å². The molecular weight excluding hydrogens is 1600 g/mol. The van der Waals surface area contributed by atoms with Gasteiger partial charge in [0.15, 0.2) is 0 Å². The molecule has 0 aromatic heterocycles. The molecule has 131 heavy (non-hydrogen) atoms. The standard InChI is InChI=1S/C20H42N2.C19H40N2.C18H38N2.C17H36N2.C16H34N2.C15H32N2.C13H27N/c1-19(2,3)14-10-8-7-9-11-15-21-18-12-16-22(17-13-18)20(4,5)6;1-18(2,3)13-9-7-8-10-14-20-17-11-15-21(16-12-17)19(4,5)6;1-17(2,3)12-8-7-9-13-19-16-10-14-20(15-11-16)18(4,5)6;1-16(2,3)11-7-8-12-18-15-9-13-19(14-10-15)17(4,5)6;1-15(2,3)10-7-11-17-14-8-12-18(13-9-14)16(4,5)6;1-14(2,3)9-10-16-13-7-11-17(12-8-13)15(4,5)6;1-12(2,3)11-7-9-14(10-8-11)13(4,5)6/h18,21H,7-17H2,1-6H3;17,20H,7-16H2,1-6H3;16,19H,7-15H2,1-6H3;15,18H,7-14H2,1-6H3;14,17H,7-13H2,1-6H3;13,16H,7-12H2,1-6H3;11H,7-10H2,1-6H3. The van der Waals surface area contributed by atoms with E-state index < -0.39 is 0 Å². The number of hydrogen-bond acceptors (Lipinski definition) is 13. The van der Waals surface area contributed by atoms with E-state index in [0.29, 0.717) is 76.7 Å². The quantitative estimate of drug-likeness (QED) is 0.0353. The summed E-state index contributed by atoms with van der Waals surface area (Å²) in [6, 6.07) is 4.54. The van der Waals surface area contributed by atoms with Crippen LogP contribution in [0.3, 0.4) is 0 Å². The predicted molar refractivity (Wildman–Crippen MR) is 591 cm³/mol. The molecule has 7 rings (SSSR count). The number of rotatable bonds is 33. The highest BCUT2D eigenvalue weighted by atomic mass is 15.2. The summed E-state index contributed by atoms with van der Waals surface area (Å²) in [6.45, 7) is 123. The molecular formula is C118H249N13. The molecule has 6 N–H and O–H groups in total. The highest BCUT2D eigenvalue weighted by Crippen LogP contribution is 2.37. The molecule has 0 spiro atoms. The van der Waals surface area contributed by atoms with Crippen molar-refractivity contribution in [1.82, 2.24) is 66.2 Å². The molecule has 7 heterocycles. The lowest BCUT2D eigenvalue weighted by Gasteiger charge is -2.44. The van der Waals surface area contributed by atoms with Crippen LogP contribution in [0.5, 0.6) is 0 Å². The number of unbranched alkanes of at least 4 members (excludes halogenated alkanes) is 10. The summed E-state index contributed by atoms with van der Waals surface area (Å²) in [6.07, 6.45) is 47.2. The number of nitrogens with zero attached hydrogens (tertiary/aromatic N) is 7. The molecule has 13 nitrogen and oxygen atoms in total. The van der Waals surface area contributed by atoms with Gasteiger partial charge in [0.2, 0.25) is 0 Å². The van der Waals surface area contributed by atoms with E-state index in [-0.39, 0.29) is 0 Å². The summed E-state index contributed by atoms with van der Waals surface area (Å²) >= 11 is 0. The fraction of sp³-hybridized carbons (Fsp3) is 1.00. The third kappa shape index (κ3) is 69.1. The van der Waals surface area contributed by atoms with E-state index >= 15 is 0 Å². The number of likely N-dealkylation sites (tertiary alicyclic amines) is 7. The maximum absolute atomic E-state index is 3.78. The van der Waals surface area contributed by atoms with Crippen LogP contribution < -0.4 is 31.9 Å². The van der Waals surface area contributed by atoms with E-state index in [2.05, 4.69) is 357 Å². The monoisotopic (exact) mass is 1850 g/mol. The van der Waals surface area contributed by atoms with Gasteiger partial charge in [0.1, 0.15) is 0 Å². The van der Waals surface area contributed by atoms with E-state index in [4.69, 9.17) is 0 Å². The van der Waals surface area contributed by atoms with Gasteiger partial charge in [-0.2, -0.15) is 0 Å². The van der Waals surface area contributed by atoms with Gasteiger partial charge in [-0.25, -0.2) is 0 Å². The van der Waals surface area contributed by atoms with E-state index in [9.17, 15) is 0 Å². The van der Waals surface area contributed by atoms with Crippen molar-refractivity contribution in [3.8, 4) is 0 Å². The third-order valence-corrected chi connectivity index (χ3v) is 29.8. The maximum Gasteiger partial charge on any atom is 0.0125 e. The van der Waals surface area contributed by atoms with Crippen LogP contribution in [0.15, 0.2) is 0 Å². The van der Waals surface area contributed by atoms with Gasteiger partial charge in [0, 0.05) is 154 Å². The van der Waals surface area contributed by atoms with Gasteiger partial charge >= 0.3 is 0 Å². The van der Waals surface area contributed by atoms with Crippen molar-refractivity contribution in [2.75, 3.05) is 131 Å². The Hall–Kier alpha value is -0.520. The first kappa shape index (κ1) is 128. The molecule has 0 saturated carbocycles. The summed E-state index contributed by atoms with van der Waals surface area (Å²) in [5.74, 6) is 0.918. The van der Waals surface area contributed by atoms with Gasteiger partial charge < -0.3 is 31.9 Å². The minimum atomic E-state index is 0.344. The van der Waals surface area contributed by atoms with Gasteiger partial charge in [0.25, 0.3) is 0 Å². The van der Waals surface area contributed by atoms with Crippen molar-refractivity contribution < 1.29 is 0 Å². The molecule has 0 atom stereocenters.